The minimum Gasteiger partial charge on any atom is -0.493 e. The molecule has 0 bridgehead atoms. The summed E-state index contributed by atoms with van der Waals surface area (Å²) in [5.74, 6) is -0.846. The molecular weight excluding hydrogens is 456 g/mol. The molecule has 2 aromatic carbocycles. The van der Waals surface area contributed by atoms with Gasteiger partial charge in [0, 0.05) is 4.47 Å². The van der Waals surface area contributed by atoms with Crippen molar-refractivity contribution in [3.8, 4) is 11.5 Å². The van der Waals surface area contributed by atoms with E-state index in [1.165, 1.54) is 18.2 Å². The zero-order valence-corrected chi connectivity index (χ0v) is 17.9. The molecule has 1 aliphatic heterocycles. The molecule has 8 nitrogen and oxygen atoms in total. The number of carbonyl (C=O) groups excluding carboxylic acids is 3. The van der Waals surface area contributed by atoms with Crippen LogP contribution in [0.25, 0.3) is 6.08 Å². The molecule has 9 heteroatoms. The fourth-order valence-electron chi connectivity index (χ4n) is 2.74. The van der Waals surface area contributed by atoms with Crippen LogP contribution < -0.4 is 19.9 Å². The third-order valence-electron chi connectivity index (χ3n) is 4.14. The van der Waals surface area contributed by atoms with Crippen LogP contribution in [0.15, 0.2) is 52.5 Å². The lowest BCUT2D eigenvalue weighted by atomic mass is 10.1. The van der Waals surface area contributed by atoms with E-state index in [9.17, 15) is 14.4 Å². The predicted molar refractivity (Wildman–Crippen MR) is 113 cm³/mol. The van der Waals surface area contributed by atoms with Gasteiger partial charge in [-0.2, -0.15) is 0 Å². The van der Waals surface area contributed by atoms with Crippen molar-refractivity contribution in [2.75, 3.05) is 25.3 Å². The maximum absolute atomic E-state index is 12.7. The molecule has 0 aromatic heterocycles. The van der Waals surface area contributed by atoms with Crippen LogP contribution in [0.2, 0.25) is 0 Å². The van der Waals surface area contributed by atoms with Crippen LogP contribution in [0.5, 0.6) is 11.5 Å². The van der Waals surface area contributed by atoms with E-state index in [2.05, 4.69) is 21.4 Å². The number of carbonyl (C=O) groups is 3. The number of esters is 1. The molecule has 1 N–H and O–H groups in total. The Morgan fingerprint density at radius 1 is 1.17 bits per heavy atom. The van der Waals surface area contributed by atoms with Gasteiger partial charge in [-0.1, -0.05) is 34.1 Å². The van der Waals surface area contributed by atoms with E-state index in [0.717, 1.165) is 0 Å². The lowest BCUT2D eigenvalue weighted by Gasteiger charge is -2.14. The van der Waals surface area contributed by atoms with E-state index < -0.39 is 17.8 Å². The van der Waals surface area contributed by atoms with Crippen molar-refractivity contribution < 1.29 is 28.6 Å². The van der Waals surface area contributed by atoms with Crippen molar-refractivity contribution in [3.05, 3.63) is 58.1 Å². The van der Waals surface area contributed by atoms with Crippen LogP contribution in [-0.2, 0) is 19.1 Å². The van der Waals surface area contributed by atoms with E-state index in [1.54, 1.807) is 43.3 Å². The Morgan fingerprint density at radius 2 is 1.90 bits per heavy atom. The Kier molecular flexibility index (Phi) is 6.73. The molecule has 1 aliphatic rings. The zero-order chi connectivity index (χ0) is 21.7. The van der Waals surface area contributed by atoms with Crippen LogP contribution >= 0.6 is 15.9 Å². The lowest BCUT2D eigenvalue weighted by Crippen LogP contribution is -2.35. The monoisotopic (exact) mass is 474 g/mol. The summed E-state index contributed by atoms with van der Waals surface area (Å²) >= 11 is 3.40. The number of hydrazine groups is 1. The van der Waals surface area contributed by atoms with Gasteiger partial charge >= 0.3 is 5.97 Å². The normalized spacial score (nSPS) is 14.6. The molecule has 156 valence electrons. The first-order chi connectivity index (χ1) is 14.4. The number of methoxy groups -OCH3 is 1. The number of para-hydroxylation sites is 1. The van der Waals surface area contributed by atoms with Gasteiger partial charge in [-0.05, 0) is 42.8 Å². The van der Waals surface area contributed by atoms with E-state index in [0.29, 0.717) is 27.2 Å². The molecule has 0 saturated carbocycles. The molecule has 0 unspecified atom stereocenters. The summed E-state index contributed by atoms with van der Waals surface area (Å²) in [6.07, 6.45) is 1.46. The van der Waals surface area contributed by atoms with Gasteiger partial charge in [0.25, 0.3) is 11.8 Å². The van der Waals surface area contributed by atoms with Crippen LogP contribution in [0.4, 0.5) is 5.69 Å². The van der Waals surface area contributed by atoms with Crippen molar-refractivity contribution in [1.29, 1.82) is 0 Å². The molecule has 0 spiro atoms. The molecule has 1 saturated heterocycles. The summed E-state index contributed by atoms with van der Waals surface area (Å²) in [7, 11) is 1.45. The third kappa shape index (κ3) is 4.62. The van der Waals surface area contributed by atoms with Gasteiger partial charge < -0.3 is 14.2 Å². The molecule has 0 aliphatic carbocycles. The summed E-state index contributed by atoms with van der Waals surface area (Å²) < 4.78 is 16.2. The Balaban J connectivity index is 1.87. The minimum atomic E-state index is -0.516. The zero-order valence-electron chi connectivity index (χ0n) is 16.3. The molecule has 30 heavy (non-hydrogen) atoms. The van der Waals surface area contributed by atoms with E-state index >= 15 is 0 Å². The first-order valence-corrected chi connectivity index (χ1v) is 9.82. The molecular formula is C21H19BrN2O6. The number of nitrogens with one attached hydrogen (secondary N) is 1. The Labute approximate surface area is 181 Å². The molecule has 1 fully saturated rings. The SMILES string of the molecule is CCOC(=O)COc1cc(Br)c(/C=C2/C(=O)NN(c3ccccc3)C2=O)cc1OC. The molecule has 0 atom stereocenters. The topological polar surface area (TPSA) is 94.2 Å². The van der Waals surface area contributed by atoms with Crippen molar-refractivity contribution in [1.82, 2.24) is 5.43 Å². The minimum absolute atomic E-state index is 0.0261. The second kappa shape index (κ2) is 9.45. The van der Waals surface area contributed by atoms with Gasteiger partial charge in [0.05, 0.1) is 19.4 Å². The van der Waals surface area contributed by atoms with E-state index in [-0.39, 0.29) is 18.8 Å². The first-order valence-electron chi connectivity index (χ1n) is 9.02. The number of hydrogen-bond acceptors (Lipinski definition) is 6. The van der Waals surface area contributed by atoms with Crippen molar-refractivity contribution in [2.24, 2.45) is 0 Å². The summed E-state index contributed by atoms with van der Waals surface area (Å²) in [6.45, 7) is 1.69. The van der Waals surface area contributed by atoms with Gasteiger partial charge in [-0.25, -0.2) is 9.80 Å². The van der Waals surface area contributed by atoms with Crippen LogP contribution in [0.1, 0.15) is 12.5 Å². The van der Waals surface area contributed by atoms with Gasteiger partial charge in [0.1, 0.15) is 5.57 Å². The summed E-state index contributed by atoms with van der Waals surface area (Å²) in [6, 6.07) is 12.0. The van der Waals surface area contributed by atoms with Crippen LogP contribution in [-0.4, -0.2) is 38.1 Å². The molecule has 1 heterocycles. The average molecular weight is 475 g/mol. The highest BCUT2D eigenvalue weighted by Crippen LogP contribution is 2.35. The number of rotatable bonds is 7. The van der Waals surface area contributed by atoms with E-state index in [4.69, 9.17) is 14.2 Å². The number of anilines is 1. The van der Waals surface area contributed by atoms with Crippen molar-refractivity contribution in [2.45, 2.75) is 6.92 Å². The Morgan fingerprint density at radius 3 is 2.57 bits per heavy atom. The maximum Gasteiger partial charge on any atom is 0.344 e. The molecule has 0 radical (unpaired) electrons. The fourth-order valence-corrected chi connectivity index (χ4v) is 3.18. The second-order valence-corrected chi connectivity index (χ2v) is 6.95. The quantitative estimate of drug-likeness (QED) is 0.376. The highest BCUT2D eigenvalue weighted by molar-refractivity contribution is 9.10. The van der Waals surface area contributed by atoms with Crippen molar-refractivity contribution in [3.63, 3.8) is 0 Å². The van der Waals surface area contributed by atoms with Gasteiger partial charge in [0.2, 0.25) is 0 Å². The Hall–Kier alpha value is -3.33. The van der Waals surface area contributed by atoms with E-state index in [1.807, 2.05) is 6.07 Å². The van der Waals surface area contributed by atoms with Crippen molar-refractivity contribution >= 4 is 45.5 Å². The highest BCUT2D eigenvalue weighted by atomic mass is 79.9. The Bertz CT molecular complexity index is 1010. The summed E-state index contributed by atoms with van der Waals surface area (Å²) in [4.78, 5) is 36.6. The number of halogens is 1. The van der Waals surface area contributed by atoms with Gasteiger partial charge in [-0.15, -0.1) is 0 Å². The standard InChI is InChI=1S/C21H19BrN2O6/c1-3-29-19(25)12-30-18-11-16(22)13(10-17(18)28-2)9-15-20(26)23-24(21(15)27)14-7-5-4-6-8-14/h4-11H,3,12H2,1-2H3,(H,23,26)/b15-9-. The highest BCUT2D eigenvalue weighted by Gasteiger charge is 2.34. The van der Waals surface area contributed by atoms with Gasteiger partial charge in [-0.3, -0.25) is 15.0 Å². The number of nitrogens with zero attached hydrogens (tertiary/aromatic N) is 1. The first kappa shape index (κ1) is 21.4. The molecule has 3 rings (SSSR count). The molecule has 2 aromatic rings. The van der Waals surface area contributed by atoms with Crippen LogP contribution in [0.3, 0.4) is 0 Å². The lowest BCUT2D eigenvalue weighted by molar-refractivity contribution is -0.145. The summed E-state index contributed by atoms with van der Waals surface area (Å²) in [5.41, 5.74) is 3.61. The third-order valence-corrected chi connectivity index (χ3v) is 4.83. The fraction of sp³-hybridized carbons (Fsp3) is 0.190. The molecule has 2 amide bonds. The number of amides is 2. The smallest absolute Gasteiger partial charge is 0.344 e. The largest absolute Gasteiger partial charge is 0.493 e. The second-order valence-electron chi connectivity index (χ2n) is 6.09. The number of ether oxygens (including phenoxy) is 3. The van der Waals surface area contributed by atoms with Crippen LogP contribution in [0, 0.1) is 0 Å². The van der Waals surface area contributed by atoms with Gasteiger partial charge in [0.15, 0.2) is 18.1 Å². The number of benzene rings is 2. The maximum atomic E-state index is 12.7. The predicted octanol–water partition coefficient (Wildman–Crippen LogP) is 2.86. The summed E-state index contributed by atoms with van der Waals surface area (Å²) in [5, 5.41) is 1.19. The number of hydrogen-bond donors (Lipinski definition) is 1. The average Bonchev–Trinajstić information content (AvgIpc) is 3.02.